The van der Waals surface area contributed by atoms with Gasteiger partial charge in [-0.2, -0.15) is 4.31 Å². The van der Waals surface area contributed by atoms with E-state index in [9.17, 15) is 22.4 Å². The highest BCUT2D eigenvalue weighted by Gasteiger charge is 2.42. The highest BCUT2D eigenvalue weighted by atomic mass is 32.2. The topological polar surface area (TPSA) is 92.2 Å². The van der Waals surface area contributed by atoms with Crippen LogP contribution in [0.4, 0.5) is 10.1 Å². The summed E-state index contributed by atoms with van der Waals surface area (Å²) in [6.07, 6.45) is 2.36. The largest absolute Gasteiger partial charge is 0.464 e. The molecule has 2 fully saturated rings. The van der Waals surface area contributed by atoms with E-state index in [1.807, 2.05) is 4.90 Å². The number of rotatable bonds is 5. The molecule has 2 aromatic rings. The van der Waals surface area contributed by atoms with Gasteiger partial charge in [-0.25, -0.2) is 17.6 Å². The summed E-state index contributed by atoms with van der Waals surface area (Å²) in [4.78, 5) is 28.7. The summed E-state index contributed by atoms with van der Waals surface area (Å²) in [5.74, 6) is -1.19. The number of carbonyl (C=O) groups is 2. The zero-order chi connectivity index (χ0) is 23.8. The minimum absolute atomic E-state index is 0.0468. The zero-order valence-electron chi connectivity index (χ0n) is 18.6. The summed E-state index contributed by atoms with van der Waals surface area (Å²) in [7, 11) is -1.19. The van der Waals surface area contributed by atoms with Crippen LogP contribution in [0.1, 0.15) is 23.3 Å². The number of piperazine rings is 1. The Labute approximate surface area is 192 Å². The molecule has 3 heterocycles. The number of halogens is 1. The number of methoxy groups -OCH3 is 1. The molecule has 1 aromatic carbocycles. The molecule has 2 aliphatic heterocycles. The Morgan fingerprint density at radius 3 is 2.45 bits per heavy atom. The number of para-hydroxylation sites is 1. The molecule has 178 valence electrons. The van der Waals surface area contributed by atoms with Crippen molar-refractivity contribution in [3.8, 4) is 0 Å². The number of hydrogen-bond acceptors (Lipinski definition) is 6. The highest BCUT2D eigenvalue weighted by molar-refractivity contribution is 7.89. The third-order valence-electron chi connectivity index (χ3n) is 6.25. The number of ether oxygens (including phenoxy) is 1. The molecule has 4 rings (SSSR count). The summed E-state index contributed by atoms with van der Waals surface area (Å²) >= 11 is 0. The predicted octanol–water partition coefficient (Wildman–Crippen LogP) is 1.45. The van der Waals surface area contributed by atoms with E-state index in [0.717, 1.165) is 0 Å². The summed E-state index contributed by atoms with van der Waals surface area (Å²) in [5.41, 5.74) is 0.613. The Morgan fingerprint density at radius 1 is 1.09 bits per heavy atom. The van der Waals surface area contributed by atoms with Crippen molar-refractivity contribution in [1.29, 1.82) is 0 Å². The smallest absolute Gasteiger partial charge is 0.354 e. The van der Waals surface area contributed by atoms with Gasteiger partial charge in [0.1, 0.15) is 22.4 Å². The molecule has 1 atom stereocenters. The van der Waals surface area contributed by atoms with Gasteiger partial charge in [0.15, 0.2) is 0 Å². The van der Waals surface area contributed by atoms with E-state index in [-0.39, 0.29) is 28.9 Å². The van der Waals surface area contributed by atoms with Crippen LogP contribution in [0.15, 0.2) is 41.4 Å². The van der Waals surface area contributed by atoms with Crippen molar-refractivity contribution in [2.45, 2.75) is 23.8 Å². The van der Waals surface area contributed by atoms with Crippen LogP contribution in [0.5, 0.6) is 0 Å². The first-order valence-electron chi connectivity index (χ1n) is 10.8. The van der Waals surface area contributed by atoms with Gasteiger partial charge in [0, 0.05) is 46.0 Å². The maximum Gasteiger partial charge on any atom is 0.354 e. The van der Waals surface area contributed by atoms with Crippen molar-refractivity contribution < 1.29 is 27.1 Å². The standard InChI is InChI=1S/C22H27FN4O5S/c1-24-15-16(14-20(24)22(29)32-2)33(30,31)27-9-5-8-19(27)21(28)26-12-10-25(11-13-26)18-7-4-3-6-17(18)23/h3-4,6-7,14-15,19H,5,8-13H2,1-2H3/t19-/m0/s1. The minimum atomic E-state index is -3.98. The minimum Gasteiger partial charge on any atom is -0.464 e. The molecular formula is C22H27FN4O5S. The quantitative estimate of drug-likeness (QED) is 0.604. The van der Waals surface area contributed by atoms with E-state index < -0.39 is 22.0 Å². The zero-order valence-corrected chi connectivity index (χ0v) is 19.4. The van der Waals surface area contributed by atoms with Crippen LogP contribution in [0.2, 0.25) is 0 Å². The molecule has 0 N–H and O–H groups in total. The second kappa shape index (κ2) is 9.14. The van der Waals surface area contributed by atoms with Crippen molar-refractivity contribution in [2.75, 3.05) is 44.7 Å². The number of anilines is 1. The third-order valence-corrected chi connectivity index (χ3v) is 8.13. The third kappa shape index (κ3) is 4.34. The van der Waals surface area contributed by atoms with Gasteiger partial charge in [0.2, 0.25) is 15.9 Å². The van der Waals surface area contributed by atoms with Crippen LogP contribution in [0.3, 0.4) is 0 Å². The van der Waals surface area contributed by atoms with Gasteiger partial charge >= 0.3 is 5.97 Å². The van der Waals surface area contributed by atoms with Gasteiger partial charge in [0.05, 0.1) is 12.8 Å². The average Bonchev–Trinajstić information content (AvgIpc) is 3.46. The number of aryl methyl sites for hydroxylation is 1. The normalized spacial score (nSPS) is 19.7. The fraction of sp³-hybridized carbons (Fsp3) is 0.455. The van der Waals surface area contributed by atoms with Crippen LogP contribution < -0.4 is 4.90 Å². The van der Waals surface area contributed by atoms with E-state index in [0.29, 0.717) is 44.7 Å². The molecular weight excluding hydrogens is 451 g/mol. The van der Waals surface area contributed by atoms with E-state index in [1.54, 1.807) is 30.1 Å². The van der Waals surface area contributed by atoms with Crippen LogP contribution in [-0.2, 0) is 26.6 Å². The fourth-order valence-corrected chi connectivity index (χ4v) is 6.20. The van der Waals surface area contributed by atoms with E-state index >= 15 is 0 Å². The van der Waals surface area contributed by atoms with Crippen molar-refractivity contribution >= 4 is 27.6 Å². The molecule has 1 aromatic heterocycles. The lowest BCUT2D eigenvalue weighted by Gasteiger charge is -2.38. The first-order chi connectivity index (χ1) is 15.7. The number of esters is 1. The van der Waals surface area contributed by atoms with Crippen molar-refractivity contribution in [3.05, 3.63) is 48.0 Å². The highest BCUT2D eigenvalue weighted by Crippen LogP contribution is 2.29. The van der Waals surface area contributed by atoms with E-state index in [1.165, 1.54) is 34.3 Å². The Hall–Kier alpha value is -2.92. The van der Waals surface area contributed by atoms with Gasteiger partial charge in [-0.1, -0.05) is 12.1 Å². The summed E-state index contributed by atoms with van der Waals surface area (Å²) in [6, 6.07) is 7.00. The molecule has 0 saturated carbocycles. The number of aromatic nitrogens is 1. The molecule has 11 heteroatoms. The number of nitrogens with zero attached hydrogens (tertiary/aromatic N) is 4. The molecule has 0 radical (unpaired) electrons. The van der Waals surface area contributed by atoms with Crippen LogP contribution in [0, 0.1) is 5.82 Å². The van der Waals surface area contributed by atoms with Crippen molar-refractivity contribution in [3.63, 3.8) is 0 Å². The van der Waals surface area contributed by atoms with Crippen LogP contribution in [-0.4, -0.2) is 79.9 Å². The molecule has 9 nitrogen and oxygen atoms in total. The Morgan fingerprint density at radius 2 is 1.79 bits per heavy atom. The van der Waals surface area contributed by atoms with Crippen LogP contribution >= 0.6 is 0 Å². The number of benzene rings is 1. The van der Waals surface area contributed by atoms with Gasteiger partial charge in [-0.05, 0) is 31.0 Å². The number of carbonyl (C=O) groups excluding carboxylic acids is 2. The molecule has 0 bridgehead atoms. The van der Waals surface area contributed by atoms with E-state index in [4.69, 9.17) is 4.74 Å². The SMILES string of the molecule is COC(=O)c1cc(S(=O)(=O)N2CCC[C@H]2C(=O)N2CCN(c3ccccc3F)CC2)cn1C. The number of sulfonamides is 1. The van der Waals surface area contributed by atoms with Gasteiger partial charge in [-0.3, -0.25) is 4.79 Å². The molecule has 0 spiro atoms. The maximum absolute atomic E-state index is 14.1. The van der Waals surface area contributed by atoms with Crippen molar-refractivity contribution in [1.82, 2.24) is 13.8 Å². The Bertz CT molecular complexity index is 1160. The average molecular weight is 479 g/mol. The Kier molecular flexibility index (Phi) is 6.44. The van der Waals surface area contributed by atoms with Crippen molar-refractivity contribution in [2.24, 2.45) is 7.05 Å². The van der Waals surface area contributed by atoms with Crippen LogP contribution in [0.25, 0.3) is 0 Å². The molecule has 0 unspecified atom stereocenters. The molecule has 2 aliphatic rings. The lowest BCUT2D eigenvalue weighted by molar-refractivity contribution is -0.134. The molecule has 1 amide bonds. The summed E-state index contributed by atoms with van der Waals surface area (Å²) < 4.78 is 48.1. The lowest BCUT2D eigenvalue weighted by atomic mass is 10.1. The summed E-state index contributed by atoms with van der Waals surface area (Å²) in [6.45, 7) is 1.93. The second-order valence-corrected chi connectivity index (χ2v) is 10.1. The van der Waals surface area contributed by atoms with E-state index in [2.05, 4.69) is 0 Å². The van der Waals surface area contributed by atoms with Gasteiger partial charge in [0.25, 0.3) is 0 Å². The maximum atomic E-state index is 14.1. The Balaban J connectivity index is 1.48. The molecule has 33 heavy (non-hydrogen) atoms. The number of amides is 1. The van der Waals surface area contributed by atoms with Gasteiger partial charge in [-0.15, -0.1) is 0 Å². The first-order valence-corrected chi connectivity index (χ1v) is 12.2. The fourth-order valence-electron chi connectivity index (χ4n) is 4.48. The first kappa shape index (κ1) is 23.2. The lowest BCUT2D eigenvalue weighted by Crippen LogP contribution is -2.54. The molecule has 2 saturated heterocycles. The summed E-state index contributed by atoms with van der Waals surface area (Å²) in [5, 5.41) is 0. The predicted molar refractivity (Wildman–Crippen MR) is 119 cm³/mol. The number of hydrogen-bond donors (Lipinski definition) is 0. The monoisotopic (exact) mass is 478 g/mol. The van der Waals surface area contributed by atoms with Gasteiger partial charge < -0.3 is 19.1 Å². The second-order valence-electron chi connectivity index (χ2n) is 8.20. The molecule has 0 aliphatic carbocycles.